The van der Waals surface area contributed by atoms with Gasteiger partial charge in [-0.1, -0.05) is 6.07 Å². The Kier molecular flexibility index (Phi) is 6.28. The topological polar surface area (TPSA) is 79.8 Å². The standard InChI is InChI=1S/C19H21N3O3/c1-4-25-17-7-5-15(6-8-17)12-20-22-19(24)18(23)21-16-10-13(2)9-14(3)11-16/h5-12H,4H2,1-3H3,(H,21,23)(H,22,24)/b20-12-. The van der Waals surface area contributed by atoms with Gasteiger partial charge in [-0.3, -0.25) is 9.59 Å². The maximum atomic E-state index is 11.9. The zero-order chi connectivity index (χ0) is 18.2. The number of hydrogen-bond acceptors (Lipinski definition) is 4. The summed E-state index contributed by atoms with van der Waals surface area (Å²) < 4.78 is 5.34. The molecule has 130 valence electrons. The van der Waals surface area contributed by atoms with E-state index in [0.717, 1.165) is 22.4 Å². The highest BCUT2D eigenvalue weighted by Gasteiger charge is 2.13. The van der Waals surface area contributed by atoms with Crippen LogP contribution in [0.15, 0.2) is 47.6 Å². The summed E-state index contributed by atoms with van der Waals surface area (Å²) in [7, 11) is 0. The first kappa shape index (κ1) is 18.2. The van der Waals surface area contributed by atoms with Gasteiger partial charge < -0.3 is 10.1 Å². The average molecular weight is 339 g/mol. The van der Waals surface area contributed by atoms with Crippen LogP contribution in [-0.4, -0.2) is 24.6 Å². The van der Waals surface area contributed by atoms with Crippen LogP contribution in [-0.2, 0) is 9.59 Å². The Labute approximate surface area is 146 Å². The summed E-state index contributed by atoms with van der Waals surface area (Å²) in [4.78, 5) is 23.7. The average Bonchev–Trinajstić information content (AvgIpc) is 2.55. The minimum absolute atomic E-state index is 0.577. The molecule has 0 heterocycles. The number of hydrogen-bond donors (Lipinski definition) is 2. The monoisotopic (exact) mass is 339 g/mol. The van der Waals surface area contributed by atoms with Gasteiger partial charge in [0.05, 0.1) is 12.8 Å². The first-order chi connectivity index (χ1) is 12.0. The zero-order valence-corrected chi connectivity index (χ0v) is 14.5. The lowest BCUT2D eigenvalue weighted by Gasteiger charge is -2.06. The fourth-order valence-corrected chi connectivity index (χ4v) is 2.27. The fourth-order valence-electron chi connectivity index (χ4n) is 2.27. The van der Waals surface area contributed by atoms with Gasteiger partial charge in [0.15, 0.2) is 0 Å². The molecule has 0 unspecified atom stereocenters. The van der Waals surface area contributed by atoms with E-state index in [4.69, 9.17) is 4.74 Å². The Morgan fingerprint density at radius 3 is 2.28 bits per heavy atom. The molecule has 25 heavy (non-hydrogen) atoms. The van der Waals surface area contributed by atoms with Crippen LogP contribution in [0.5, 0.6) is 5.75 Å². The molecular formula is C19H21N3O3. The molecule has 0 atom stereocenters. The molecule has 0 saturated heterocycles. The Balaban J connectivity index is 1.89. The lowest BCUT2D eigenvalue weighted by Crippen LogP contribution is -2.32. The van der Waals surface area contributed by atoms with Crippen molar-refractivity contribution in [2.24, 2.45) is 5.10 Å². The summed E-state index contributed by atoms with van der Waals surface area (Å²) >= 11 is 0. The number of nitrogens with zero attached hydrogens (tertiary/aromatic N) is 1. The first-order valence-corrected chi connectivity index (χ1v) is 7.93. The molecule has 2 amide bonds. The number of carbonyl (C=O) groups is 2. The van der Waals surface area contributed by atoms with Crippen LogP contribution < -0.4 is 15.5 Å². The highest BCUT2D eigenvalue weighted by Crippen LogP contribution is 2.13. The minimum atomic E-state index is -0.832. The minimum Gasteiger partial charge on any atom is -0.494 e. The van der Waals surface area contributed by atoms with E-state index in [1.807, 2.05) is 26.8 Å². The second kappa shape index (κ2) is 8.63. The number of amides is 2. The van der Waals surface area contributed by atoms with Gasteiger partial charge in [-0.05, 0) is 73.9 Å². The van der Waals surface area contributed by atoms with Crippen LogP contribution in [0.1, 0.15) is 23.6 Å². The van der Waals surface area contributed by atoms with Crippen molar-refractivity contribution in [2.75, 3.05) is 11.9 Å². The lowest BCUT2D eigenvalue weighted by atomic mass is 10.1. The summed E-state index contributed by atoms with van der Waals surface area (Å²) in [6.45, 7) is 6.35. The van der Waals surface area contributed by atoms with Crippen molar-refractivity contribution in [2.45, 2.75) is 20.8 Å². The van der Waals surface area contributed by atoms with E-state index in [1.54, 1.807) is 36.4 Å². The van der Waals surface area contributed by atoms with Gasteiger partial charge in [-0.2, -0.15) is 5.10 Å². The molecule has 2 rings (SSSR count). The second-order valence-corrected chi connectivity index (χ2v) is 5.53. The van der Waals surface area contributed by atoms with Crippen molar-refractivity contribution in [3.63, 3.8) is 0 Å². The molecule has 0 aromatic heterocycles. The Hall–Kier alpha value is -3.15. The van der Waals surface area contributed by atoms with Gasteiger partial charge in [0.1, 0.15) is 5.75 Å². The van der Waals surface area contributed by atoms with E-state index in [2.05, 4.69) is 15.8 Å². The van der Waals surface area contributed by atoms with Gasteiger partial charge in [0.2, 0.25) is 0 Å². The SMILES string of the molecule is CCOc1ccc(/C=N\NC(=O)C(=O)Nc2cc(C)cc(C)c2)cc1. The molecule has 0 bridgehead atoms. The molecule has 2 aromatic carbocycles. The summed E-state index contributed by atoms with van der Waals surface area (Å²) in [5.74, 6) is -0.841. The molecule has 0 aliphatic heterocycles. The van der Waals surface area contributed by atoms with E-state index in [-0.39, 0.29) is 0 Å². The number of nitrogens with one attached hydrogen (secondary N) is 2. The van der Waals surface area contributed by atoms with E-state index < -0.39 is 11.8 Å². The van der Waals surface area contributed by atoms with Crippen molar-refractivity contribution in [3.05, 3.63) is 59.2 Å². The molecule has 6 heteroatoms. The molecule has 0 spiro atoms. The molecule has 0 aliphatic rings. The molecule has 6 nitrogen and oxygen atoms in total. The van der Waals surface area contributed by atoms with Gasteiger partial charge in [0.25, 0.3) is 0 Å². The maximum Gasteiger partial charge on any atom is 0.329 e. The van der Waals surface area contributed by atoms with Crippen molar-refractivity contribution < 1.29 is 14.3 Å². The highest BCUT2D eigenvalue weighted by atomic mass is 16.5. The quantitative estimate of drug-likeness (QED) is 0.499. The summed E-state index contributed by atoms with van der Waals surface area (Å²) in [6, 6.07) is 12.8. The van der Waals surface area contributed by atoms with Crippen LogP contribution in [0.25, 0.3) is 0 Å². The molecule has 0 radical (unpaired) electrons. The van der Waals surface area contributed by atoms with Crippen molar-refractivity contribution in [1.29, 1.82) is 0 Å². The van der Waals surface area contributed by atoms with Gasteiger partial charge >= 0.3 is 11.8 Å². The maximum absolute atomic E-state index is 11.9. The smallest absolute Gasteiger partial charge is 0.329 e. The summed E-state index contributed by atoms with van der Waals surface area (Å²) in [5, 5.41) is 6.34. The molecule has 0 fully saturated rings. The van der Waals surface area contributed by atoms with Crippen molar-refractivity contribution in [3.8, 4) is 5.75 Å². The van der Waals surface area contributed by atoms with Gasteiger partial charge in [0, 0.05) is 5.69 Å². The predicted octanol–water partition coefficient (Wildman–Crippen LogP) is 2.79. The van der Waals surface area contributed by atoms with Gasteiger partial charge in [-0.15, -0.1) is 0 Å². The number of anilines is 1. The van der Waals surface area contributed by atoms with Crippen LogP contribution in [0, 0.1) is 13.8 Å². The number of aryl methyl sites for hydroxylation is 2. The van der Waals surface area contributed by atoms with E-state index in [0.29, 0.717) is 12.3 Å². The van der Waals surface area contributed by atoms with E-state index in [9.17, 15) is 9.59 Å². The summed E-state index contributed by atoms with van der Waals surface area (Å²) in [6.07, 6.45) is 1.46. The first-order valence-electron chi connectivity index (χ1n) is 7.93. The third-order valence-electron chi connectivity index (χ3n) is 3.26. The Bertz CT molecular complexity index is 763. The van der Waals surface area contributed by atoms with E-state index in [1.165, 1.54) is 6.21 Å². The van der Waals surface area contributed by atoms with Crippen LogP contribution >= 0.6 is 0 Å². The third kappa shape index (κ3) is 5.76. The number of rotatable bonds is 5. The number of carbonyl (C=O) groups excluding carboxylic acids is 2. The predicted molar refractivity (Wildman–Crippen MR) is 97.9 cm³/mol. The van der Waals surface area contributed by atoms with Gasteiger partial charge in [-0.25, -0.2) is 5.43 Å². The number of hydrazone groups is 1. The molecule has 0 aliphatic carbocycles. The molecule has 0 saturated carbocycles. The largest absolute Gasteiger partial charge is 0.494 e. The van der Waals surface area contributed by atoms with Crippen molar-refractivity contribution in [1.82, 2.24) is 5.43 Å². The Morgan fingerprint density at radius 1 is 1.04 bits per heavy atom. The fraction of sp³-hybridized carbons (Fsp3) is 0.211. The molecule has 2 aromatic rings. The van der Waals surface area contributed by atoms with E-state index >= 15 is 0 Å². The Morgan fingerprint density at radius 2 is 1.68 bits per heavy atom. The lowest BCUT2D eigenvalue weighted by molar-refractivity contribution is -0.136. The number of benzene rings is 2. The number of ether oxygens (including phenoxy) is 1. The second-order valence-electron chi connectivity index (χ2n) is 5.53. The van der Waals surface area contributed by atoms with Crippen LogP contribution in [0.4, 0.5) is 5.69 Å². The van der Waals surface area contributed by atoms with Crippen molar-refractivity contribution >= 4 is 23.7 Å². The summed E-state index contributed by atoms with van der Waals surface area (Å²) in [5.41, 5.74) is 5.57. The van der Waals surface area contributed by atoms with Crippen LogP contribution in [0.2, 0.25) is 0 Å². The van der Waals surface area contributed by atoms with Crippen LogP contribution in [0.3, 0.4) is 0 Å². The highest BCUT2D eigenvalue weighted by molar-refractivity contribution is 6.39. The molecular weight excluding hydrogens is 318 g/mol. The molecule has 2 N–H and O–H groups in total. The third-order valence-corrected chi connectivity index (χ3v) is 3.26. The normalized spacial score (nSPS) is 10.5. The zero-order valence-electron chi connectivity index (χ0n) is 14.5.